The van der Waals surface area contributed by atoms with Crippen LogP contribution in [0.25, 0.3) is 0 Å². The Labute approximate surface area is 253 Å². The van der Waals surface area contributed by atoms with E-state index >= 15 is 0 Å². The van der Waals surface area contributed by atoms with Crippen LogP contribution < -0.4 is 0 Å². The first-order valence-electron chi connectivity index (χ1n) is 13.3. The molecule has 0 bridgehead atoms. The molecule has 3 aromatic carbocycles. The van der Waals surface area contributed by atoms with Gasteiger partial charge in [0.05, 0.1) is 4.11 Å². The molecule has 0 amide bonds. The van der Waals surface area contributed by atoms with Gasteiger partial charge in [-0.3, -0.25) is 19.2 Å². The number of aromatic hydroxyl groups is 9. The number of aliphatic hydroxyl groups is 5. The second kappa shape index (κ2) is 11.8. The van der Waals surface area contributed by atoms with Crippen LogP contribution in [0.4, 0.5) is 0 Å². The molecular weight excluding hydrogens is 612 g/mol. The predicted molar refractivity (Wildman–Crippen MR) is 141 cm³/mol. The molecule has 240 valence electrons. The molecular formula is C27H24O18. The van der Waals surface area contributed by atoms with E-state index in [4.69, 9.17) is 4.11 Å². The Morgan fingerprint density at radius 2 is 0.978 bits per heavy atom. The number of phenolic OH excluding ortho intramolecular Hbond substituents is 9. The third-order valence-electron chi connectivity index (χ3n) is 6.55. The summed E-state index contributed by atoms with van der Waals surface area (Å²) in [5, 5.41) is 144. The number of aliphatic hydroxyl groups excluding tert-OH is 3. The van der Waals surface area contributed by atoms with E-state index in [2.05, 4.69) is 0 Å². The van der Waals surface area contributed by atoms with Gasteiger partial charge in [-0.25, -0.2) is 0 Å². The fourth-order valence-corrected chi connectivity index (χ4v) is 4.02. The summed E-state index contributed by atoms with van der Waals surface area (Å²) in [4.78, 5) is 52.8. The highest BCUT2D eigenvalue weighted by molar-refractivity contribution is 6.20. The first-order valence-corrected chi connectivity index (χ1v) is 11.8. The van der Waals surface area contributed by atoms with E-state index in [9.17, 15) is 90.7 Å². The van der Waals surface area contributed by atoms with Gasteiger partial charge in [-0.1, -0.05) is 0 Å². The lowest BCUT2D eigenvalue weighted by Crippen LogP contribution is -2.73. The van der Waals surface area contributed by atoms with Crippen LogP contribution in [0.3, 0.4) is 0 Å². The average Bonchev–Trinajstić information content (AvgIpc) is 3.07. The molecule has 0 fully saturated rings. The minimum atomic E-state index is -4.71. The quantitative estimate of drug-likeness (QED) is 0.0455. The molecule has 14 N–H and O–H groups in total. The highest BCUT2D eigenvalue weighted by Crippen LogP contribution is 2.42. The summed E-state index contributed by atoms with van der Waals surface area (Å²) in [5.41, 5.74) is -13.5. The SMILES string of the molecule is [2H]c1c(C(=O)C(O)[C@@H](O)[C@@H](O)[C@@](O)(C(=O)c2cc(O)c(O)c(O)c2[2H])[C@@](O)(C=O)C(=O)c2cc(O)c(O)c(O)c2[2H])cc(O)c(O)c1O. The van der Waals surface area contributed by atoms with E-state index in [0.29, 0.717) is 0 Å². The molecule has 0 saturated heterocycles. The van der Waals surface area contributed by atoms with Gasteiger partial charge in [0.2, 0.25) is 17.2 Å². The first kappa shape index (κ1) is 29.4. The maximum Gasteiger partial charge on any atom is 0.222 e. The van der Waals surface area contributed by atoms with E-state index < -0.39 is 140 Å². The molecule has 0 aliphatic carbocycles. The van der Waals surface area contributed by atoms with Crippen molar-refractivity contribution in [2.24, 2.45) is 0 Å². The van der Waals surface area contributed by atoms with Crippen LogP contribution in [-0.2, 0) is 4.79 Å². The van der Waals surface area contributed by atoms with E-state index in [1.807, 2.05) is 0 Å². The molecule has 3 rings (SSSR count). The van der Waals surface area contributed by atoms with Crippen LogP contribution in [0.15, 0.2) is 36.3 Å². The van der Waals surface area contributed by atoms with Gasteiger partial charge in [0.1, 0.15) is 18.3 Å². The number of carbonyl (C=O) groups excluding carboxylic acids is 4. The molecule has 45 heavy (non-hydrogen) atoms. The van der Waals surface area contributed by atoms with Gasteiger partial charge >= 0.3 is 0 Å². The minimum Gasteiger partial charge on any atom is -0.504 e. The molecule has 5 atom stereocenters. The topological polar surface area (TPSA) is 352 Å². The summed E-state index contributed by atoms with van der Waals surface area (Å²) in [7, 11) is 0. The van der Waals surface area contributed by atoms with E-state index in [1.165, 1.54) is 0 Å². The van der Waals surface area contributed by atoms with E-state index in [-0.39, 0.29) is 18.2 Å². The van der Waals surface area contributed by atoms with Crippen LogP contribution >= 0.6 is 0 Å². The summed E-state index contributed by atoms with van der Waals surface area (Å²) in [5.74, 6) is -19.7. The number of ketones is 3. The van der Waals surface area contributed by atoms with Crippen molar-refractivity contribution >= 4 is 23.6 Å². The number of hydrogen-bond acceptors (Lipinski definition) is 18. The number of aldehydes is 1. The summed E-state index contributed by atoms with van der Waals surface area (Å²) in [6.45, 7) is 0. The summed E-state index contributed by atoms with van der Waals surface area (Å²) in [6, 6.07) is -3.85. The van der Waals surface area contributed by atoms with Gasteiger partial charge in [-0.2, -0.15) is 0 Å². The molecule has 0 aromatic heterocycles. The summed E-state index contributed by atoms with van der Waals surface area (Å²) < 4.78 is 23.5. The molecule has 0 radical (unpaired) electrons. The predicted octanol–water partition coefficient (Wildman–Crippen LogP) is -2.27. The van der Waals surface area contributed by atoms with Crippen molar-refractivity contribution in [2.75, 3.05) is 0 Å². The van der Waals surface area contributed by atoms with Crippen LogP contribution in [0.5, 0.6) is 51.7 Å². The lowest BCUT2D eigenvalue weighted by molar-refractivity contribution is -0.185. The van der Waals surface area contributed by atoms with Gasteiger partial charge in [-0.05, 0) is 36.3 Å². The van der Waals surface area contributed by atoms with Gasteiger partial charge in [0, 0.05) is 16.7 Å². The fourth-order valence-electron chi connectivity index (χ4n) is 4.02. The molecule has 1 unspecified atom stereocenters. The summed E-state index contributed by atoms with van der Waals surface area (Å²) >= 11 is 0. The molecule has 0 heterocycles. The highest BCUT2D eigenvalue weighted by Gasteiger charge is 2.66. The van der Waals surface area contributed by atoms with Gasteiger partial charge < -0.3 is 71.5 Å². The van der Waals surface area contributed by atoms with E-state index in [1.54, 1.807) is 0 Å². The third kappa shape index (κ3) is 5.46. The number of rotatable bonds is 11. The Hall–Kier alpha value is -5.66. The minimum absolute atomic E-state index is 0.0869. The normalized spacial score (nSPS) is 17.0. The fraction of sp³-hybridized carbons (Fsp3) is 0.185. The van der Waals surface area contributed by atoms with Crippen molar-refractivity contribution in [3.63, 3.8) is 0 Å². The lowest BCUT2D eigenvalue weighted by Gasteiger charge is -2.42. The van der Waals surface area contributed by atoms with Crippen molar-refractivity contribution in [1.82, 2.24) is 0 Å². The second-order valence-corrected chi connectivity index (χ2v) is 9.35. The molecule has 18 heteroatoms. The molecule has 0 aliphatic rings. The average molecular weight is 639 g/mol. The second-order valence-electron chi connectivity index (χ2n) is 9.35. The van der Waals surface area contributed by atoms with Crippen LogP contribution in [0, 0.1) is 0 Å². The standard InChI is InChI=1S/C27H24O18/c28-7-26(44,23(41)9-3-13(31)19(37)14(32)4-9)27(45,24(42)10-5-15(33)20(38)16(34)6-10)25(43)22(40)21(39)17(35)8-1-11(29)18(36)12(30)2-8/h1-7,21-22,25,29-34,36-40,43-45H/t21?,22-,25-,26-,27+/m1/s1/i1D,3D,5D. The third-order valence-corrected chi connectivity index (χ3v) is 6.55. The lowest BCUT2D eigenvalue weighted by atomic mass is 9.68. The molecule has 0 spiro atoms. The maximum absolute atomic E-state index is 13.8. The van der Waals surface area contributed by atoms with Crippen LogP contribution in [-0.4, -0.2) is 125 Å². The Kier molecular flexibility index (Phi) is 7.71. The van der Waals surface area contributed by atoms with Crippen molar-refractivity contribution in [1.29, 1.82) is 0 Å². The smallest absolute Gasteiger partial charge is 0.222 e. The molecule has 3 aromatic rings. The van der Waals surface area contributed by atoms with Crippen LogP contribution in [0.2, 0.25) is 0 Å². The zero-order valence-electron chi connectivity index (χ0n) is 24.9. The first-order chi connectivity index (χ1) is 22.0. The number of benzene rings is 3. The number of hydrogen-bond donors (Lipinski definition) is 14. The Morgan fingerprint density at radius 3 is 1.38 bits per heavy atom. The monoisotopic (exact) mass is 639 g/mol. The number of carbonyl (C=O) groups is 4. The van der Waals surface area contributed by atoms with Crippen molar-refractivity contribution < 1.29 is 94.8 Å². The van der Waals surface area contributed by atoms with Gasteiger partial charge in [0.25, 0.3) is 0 Å². The largest absolute Gasteiger partial charge is 0.504 e. The Morgan fingerprint density at radius 1 is 0.622 bits per heavy atom. The maximum atomic E-state index is 13.8. The van der Waals surface area contributed by atoms with Crippen molar-refractivity contribution in [2.45, 2.75) is 29.5 Å². The zero-order valence-corrected chi connectivity index (χ0v) is 21.9. The van der Waals surface area contributed by atoms with Crippen molar-refractivity contribution in [3.8, 4) is 51.7 Å². The number of phenols is 9. The summed E-state index contributed by atoms with van der Waals surface area (Å²) in [6.07, 6.45) is -11.3. The molecule has 0 saturated carbocycles. The van der Waals surface area contributed by atoms with Crippen molar-refractivity contribution in [3.05, 3.63) is 53.0 Å². The molecule has 0 aliphatic heterocycles. The van der Waals surface area contributed by atoms with Gasteiger partial charge in [0.15, 0.2) is 69.4 Å². The Bertz CT molecular complexity index is 1880. The zero-order chi connectivity index (χ0) is 37.0. The van der Waals surface area contributed by atoms with Gasteiger partial charge in [-0.15, -0.1) is 0 Å². The van der Waals surface area contributed by atoms with Crippen LogP contribution in [0.1, 0.15) is 35.2 Å². The molecule has 18 nitrogen and oxygen atoms in total. The van der Waals surface area contributed by atoms with E-state index in [0.717, 1.165) is 0 Å². The highest BCUT2D eigenvalue weighted by atomic mass is 16.4. The Balaban J connectivity index is 2.34. The number of Topliss-reactive ketones (excluding diaryl/α,β-unsaturated/α-hetero) is 3.